The van der Waals surface area contributed by atoms with Crippen LogP contribution in [-0.4, -0.2) is 41.5 Å². The summed E-state index contributed by atoms with van der Waals surface area (Å²) >= 11 is 0. The minimum atomic E-state index is -3.84. The fraction of sp³-hybridized carbons (Fsp3) is 0.556. The first-order valence-electron chi connectivity index (χ1n) is 5.44. The maximum atomic E-state index is 12.2. The molecule has 0 unspecified atom stereocenters. The zero-order valence-electron chi connectivity index (χ0n) is 10.3. The Balaban J connectivity index is 3.18. The van der Waals surface area contributed by atoms with E-state index in [4.69, 9.17) is 11.5 Å². The van der Waals surface area contributed by atoms with Gasteiger partial charge in [-0.05, 0) is 6.92 Å². The normalized spacial score (nSPS) is 11.9. The van der Waals surface area contributed by atoms with Crippen LogP contribution in [0.25, 0.3) is 0 Å². The number of primary amides is 1. The molecule has 0 aliphatic carbocycles. The molecule has 1 amide bonds. The fourth-order valence-electron chi connectivity index (χ4n) is 1.46. The third-order valence-electron chi connectivity index (χ3n) is 2.38. The fourth-order valence-corrected chi connectivity index (χ4v) is 2.93. The first-order valence-corrected chi connectivity index (χ1v) is 6.88. The highest BCUT2D eigenvalue weighted by Gasteiger charge is 2.28. The first kappa shape index (κ1) is 14.5. The molecule has 1 aromatic rings. The molecule has 8 nitrogen and oxygen atoms in total. The molecule has 0 bridgehead atoms. The highest BCUT2D eigenvalue weighted by atomic mass is 32.2. The number of hydrogen-bond donors (Lipinski definition) is 2. The molecule has 4 N–H and O–H groups in total. The van der Waals surface area contributed by atoms with Gasteiger partial charge in [0.05, 0.1) is 6.54 Å². The summed E-state index contributed by atoms with van der Waals surface area (Å²) < 4.78 is 26.8. The van der Waals surface area contributed by atoms with Crippen molar-refractivity contribution in [2.75, 3.05) is 18.8 Å². The molecule has 0 saturated heterocycles. The Hall–Kier alpha value is -1.61. The zero-order chi connectivity index (χ0) is 13.9. The minimum Gasteiger partial charge on any atom is -0.381 e. The number of anilines is 1. The molecule has 0 aromatic carbocycles. The van der Waals surface area contributed by atoms with Gasteiger partial charge in [-0.2, -0.15) is 9.40 Å². The van der Waals surface area contributed by atoms with Crippen LogP contribution in [0.15, 0.2) is 11.1 Å². The second kappa shape index (κ2) is 5.36. The number of carbonyl (C=O) groups excluding carboxylic acids is 1. The SMILES string of the molecule is CCN(CC(N)=O)S(=O)(=O)c1cn(CC)nc1N. The smallest absolute Gasteiger partial charge is 0.248 e. The van der Waals surface area contributed by atoms with Crippen molar-refractivity contribution in [3.05, 3.63) is 6.20 Å². The predicted octanol–water partition coefficient (Wildman–Crippen LogP) is -1.02. The van der Waals surface area contributed by atoms with E-state index in [1.54, 1.807) is 6.92 Å². The van der Waals surface area contributed by atoms with E-state index in [2.05, 4.69) is 5.10 Å². The van der Waals surface area contributed by atoms with Crippen LogP contribution in [0.4, 0.5) is 5.82 Å². The predicted molar refractivity (Wildman–Crippen MR) is 65.9 cm³/mol. The lowest BCUT2D eigenvalue weighted by Gasteiger charge is -2.17. The van der Waals surface area contributed by atoms with Gasteiger partial charge >= 0.3 is 0 Å². The second-order valence-electron chi connectivity index (χ2n) is 3.63. The molecular weight excluding hydrogens is 258 g/mol. The summed E-state index contributed by atoms with van der Waals surface area (Å²) in [5, 5.41) is 3.86. The van der Waals surface area contributed by atoms with Crippen LogP contribution < -0.4 is 11.5 Å². The molecule has 1 heterocycles. The average molecular weight is 275 g/mol. The van der Waals surface area contributed by atoms with Crippen LogP contribution in [0.3, 0.4) is 0 Å². The Bertz CT molecular complexity index is 536. The van der Waals surface area contributed by atoms with E-state index in [9.17, 15) is 13.2 Å². The molecule has 0 atom stereocenters. The molecule has 0 saturated carbocycles. The number of nitrogens with zero attached hydrogens (tertiary/aromatic N) is 3. The van der Waals surface area contributed by atoms with Crippen molar-refractivity contribution in [3.8, 4) is 0 Å². The lowest BCUT2D eigenvalue weighted by Crippen LogP contribution is -2.38. The summed E-state index contributed by atoms with van der Waals surface area (Å²) in [7, 11) is -3.84. The number of nitrogen functional groups attached to an aromatic ring is 1. The number of sulfonamides is 1. The van der Waals surface area contributed by atoms with Gasteiger partial charge in [0.1, 0.15) is 4.90 Å². The molecule has 18 heavy (non-hydrogen) atoms. The number of aromatic nitrogens is 2. The zero-order valence-corrected chi connectivity index (χ0v) is 11.1. The van der Waals surface area contributed by atoms with Crippen LogP contribution >= 0.6 is 0 Å². The maximum absolute atomic E-state index is 12.2. The van der Waals surface area contributed by atoms with Crippen molar-refractivity contribution in [2.45, 2.75) is 25.3 Å². The molecular formula is C9H17N5O3S. The Kier molecular flexibility index (Phi) is 4.30. The van der Waals surface area contributed by atoms with Crippen molar-refractivity contribution < 1.29 is 13.2 Å². The highest BCUT2D eigenvalue weighted by molar-refractivity contribution is 7.89. The van der Waals surface area contributed by atoms with Crippen molar-refractivity contribution in [1.29, 1.82) is 0 Å². The Morgan fingerprint density at radius 3 is 2.50 bits per heavy atom. The summed E-state index contributed by atoms with van der Waals surface area (Å²) in [6, 6.07) is 0. The molecule has 0 aliphatic heterocycles. The second-order valence-corrected chi connectivity index (χ2v) is 5.54. The summed E-state index contributed by atoms with van der Waals surface area (Å²) in [5.74, 6) is -0.804. The van der Waals surface area contributed by atoms with E-state index in [0.29, 0.717) is 6.54 Å². The van der Waals surface area contributed by atoms with Gasteiger partial charge < -0.3 is 11.5 Å². The number of likely N-dealkylation sites (N-methyl/N-ethyl adjacent to an activating group) is 1. The van der Waals surface area contributed by atoms with Gasteiger partial charge in [-0.15, -0.1) is 0 Å². The van der Waals surface area contributed by atoms with Crippen molar-refractivity contribution >= 4 is 21.7 Å². The van der Waals surface area contributed by atoms with Crippen LogP contribution in [0, 0.1) is 0 Å². The monoisotopic (exact) mass is 275 g/mol. The quantitative estimate of drug-likeness (QED) is 0.687. The van der Waals surface area contributed by atoms with Crippen molar-refractivity contribution in [3.63, 3.8) is 0 Å². The number of aryl methyl sites for hydroxylation is 1. The van der Waals surface area contributed by atoms with E-state index < -0.39 is 15.9 Å². The minimum absolute atomic E-state index is 0.0835. The third-order valence-corrected chi connectivity index (χ3v) is 4.32. The van der Waals surface area contributed by atoms with Gasteiger partial charge in [0.2, 0.25) is 15.9 Å². The van der Waals surface area contributed by atoms with Gasteiger partial charge in [-0.1, -0.05) is 6.92 Å². The van der Waals surface area contributed by atoms with Crippen LogP contribution in [0.2, 0.25) is 0 Å². The molecule has 9 heteroatoms. The molecule has 0 aliphatic rings. The number of nitrogens with two attached hydrogens (primary N) is 2. The van der Waals surface area contributed by atoms with Gasteiger partial charge in [-0.3, -0.25) is 9.48 Å². The molecule has 1 aromatic heterocycles. The van der Waals surface area contributed by atoms with E-state index in [0.717, 1.165) is 4.31 Å². The summed E-state index contributed by atoms with van der Waals surface area (Å²) in [6.45, 7) is 3.67. The summed E-state index contributed by atoms with van der Waals surface area (Å²) in [6.07, 6.45) is 1.34. The number of hydrogen-bond acceptors (Lipinski definition) is 5. The van der Waals surface area contributed by atoms with Gasteiger partial charge in [0.15, 0.2) is 5.82 Å². The first-order chi connectivity index (χ1) is 8.32. The van der Waals surface area contributed by atoms with Crippen molar-refractivity contribution in [1.82, 2.24) is 14.1 Å². The standard InChI is InChI=1S/C9H17N5O3S/c1-3-13-5-7(9(11)12-13)18(16,17)14(4-2)6-8(10)15/h5H,3-4,6H2,1-2H3,(H2,10,15)(H2,11,12). The average Bonchev–Trinajstić information content (AvgIpc) is 2.67. The number of rotatable bonds is 6. The molecule has 102 valence electrons. The van der Waals surface area contributed by atoms with Crippen molar-refractivity contribution in [2.24, 2.45) is 5.73 Å². The van der Waals surface area contributed by atoms with Gasteiger partial charge in [0.25, 0.3) is 0 Å². The van der Waals surface area contributed by atoms with E-state index in [-0.39, 0.29) is 23.8 Å². The Morgan fingerprint density at radius 1 is 1.50 bits per heavy atom. The molecule has 0 radical (unpaired) electrons. The van der Waals surface area contributed by atoms with Gasteiger partial charge in [0, 0.05) is 19.3 Å². The topological polar surface area (TPSA) is 124 Å². The Morgan fingerprint density at radius 2 is 2.11 bits per heavy atom. The van der Waals surface area contributed by atoms with Crippen LogP contribution in [0.5, 0.6) is 0 Å². The molecule has 0 spiro atoms. The van der Waals surface area contributed by atoms with E-state index in [1.165, 1.54) is 10.9 Å². The highest BCUT2D eigenvalue weighted by Crippen LogP contribution is 2.20. The maximum Gasteiger partial charge on any atom is 0.248 e. The number of amides is 1. The summed E-state index contributed by atoms with van der Waals surface area (Å²) in [4.78, 5) is 10.8. The third kappa shape index (κ3) is 2.79. The lowest BCUT2D eigenvalue weighted by molar-refractivity contribution is -0.118. The van der Waals surface area contributed by atoms with Crippen LogP contribution in [0.1, 0.15) is 13.8 Å². The molecule has 1 rings (SSSR count). The summed E-state index contributed by atoms with van der Waals surface area (Å²) in [5.41, 5.74) is 10.6. The lowest BCUT2D eigenvalue weighted by atomic mass is 10.6. The van der Waals surface area contributed by atoms with Crippen LogP contribution in [-0.2, 0) is 21.4 Å². The van der Waals surface area contributed by atoms with E-state index >= 15 is 0 Å². The number of carbonyl (C=O) groups is 1. The van der Waals surface area contributed by atoms with Gasteiger partial charge in [-0.25, -0.2) is 8.42 Å². The Labute approximate surface area is 106 Å². The molecule has 0 fully saturated rings. The van der Waals surface area contributed by atoms with E-state index in [1.807, 2.05) is 6.92 Å². The largest absolute Gasteiger partial charge is 0.381 e.